The minimum absolute atomic E-state index is 0.538. The summed E-state index contributed by atoms with van der Waals surface area (Å²) in [6, 6.07) is 13.4. The van der Waals surface area contributed by atoms with Gasteiger partial charge in [0.2, 0.25) is 0 Å². The fraction of sp³-hybridized carbons (Fsp3) is 0.400. The van der Waals surface area contributed by atoms with Crippen LogP contribution in [-0.4, -0.2) is 5.11 Å². The van der Waals surface area contributed by atoms with E-state index in [0.717, 1.165) is 5.56 Å². The fourth-order valence-corrected chi connectivity index (χ4v) is 4.94. The summed E-state index contributed by atoms with van der Waals surface area (Å²) in [4.78, 5) is 0. The summed E-state index contributed by atoms with van der Waals surface area (Å²) >= 11 is 0. The van der Waals surface area contributed by atoms with Crippen LogP contribution < -0.4 is 0 Å². The van der Waals surface area contributed by atoms with Gasteiger partial charge in [0.05, 0.1) is 5.60 Å². The van der Waals surface area contributed by atoms with Gasteiger partial charge in [-0.05, 0) is 128 Å². The Balaban J connectivity index is 2.15. The van der Waals surface area contributed by atoms with Crippen LogP contribution >= 0.6 is 0 Å². The van der Waals surface area contributed by atoms with E-state index >= 15 is 0 Å². The highest BCUT2D eigenvalue weighted by molar-refractivity contribution is 5.80. The van der Waals surface area contributed by atoms with Crippen LogP contribution in [0.3, 0.4) is 0 Å². The molecule has 31 heavy (non-hydrogen) atoms. The molecule has 1 N–H and O–H groups in total. The molecule has 0 amide bonds. The lowest BCUT2D eigenvalue weighted by molar-refractivity contribution is 0.0779. The first-order valence-electron chi connectivity index (χ1n) is 11.4. The zero-order valence-corrected chi connectivity index (χ0v) is 21.0. The van der Waals surface area contributed by atoms with Gasteiger partial charge in [-0.3, -0.25) is 0 Å². The van der Waals surface area contributed by atoms with E-state index in [0.29, 0.717) is 5.92 Å². The number of benzene rings is 3. The Morgan fingerprint density at radius 1 is 0.548 bits per heavy atom. The zero-order chi connectivity index (χ0) is 23.2. The van der Waals surface area contributed by atoms with Crippen molar-refractivity contribution in [1.29, 1.82) is 0 Å². The number of rotatable bonds is 4. The zero-order valence-electron chi connectivity index (χ0n) is 21.0. The Bertz CT molecular complexity index is 1140. The van der Waals surface area contributed by atoms with Crippen molar-refractivity contribution < 1.29 is 5.11 Å². The van der Waals surface area contributed by atoms with Gasteiger partial charge in [-0.25, -0.2) is 0 Å². The predicted octanol–water partition coefficient (Wildman–Crippen LogP) is 8.22. The maximum atomic E-state index is 10.5. The monoisotopic (exact) mass is 414 g/mol. The second-order valence-electron chi connectivity index (χ2n) is 9.99. The van der Waals surface area contributed by atoms with E-state index in [2.05, 4.69) is 91.8 Å². The molecule has 1 heteroatoms. The summed E-state index contributed by atoms with van der Waals surface area (Å²) in [7, 11) is 0. The quantitative estimate of drug-likeness (QED) is 0.456. The van der Waals surface area contributed by atoms with Crippen LogP contribution in [0.2, 0.25) is 0 Å². The first-order chi connectivity index (χ1) is 14.4. The van der Waals surface area contributed by atoms with Gasteiger partial charge in [0.25, 0.3) is 0 Å². The first-order valence-corrected chi connectivity index (χ1v) is 11.4. The van der Waals surface area contributed by atoms with Crippen LogP contribution in [0, 0.1) is 41.5 Å². The van der Waals surface area contributed by atoms with E-state index in [-0.39, 0.29) is 0 Å². The van der Waals surface area contributed by atoms with Gasteiger partial charge in [0.15, 0.2) is 0 Å². The standard InChI is InChI=1S/C30H38O/c1-17(2)24-11-12-25(19(4)18(24)3)26-13-14-27(21(6)20(26)5)28-15-16-29(30(9,10)31)23(8)22(28)7/h11-17,31H,1-10H3. The third-order valence-electron chi connectivity index (χ3n) is 7.26. The molecule has 0 atom stereocenters. The highest BCUT2D eigenvalue weighted by Gasteiger charge is 2.21. The van der Waals surface area contributed by atoms with E-state index < -0.39 is 5.60 Å². The van der Waals surface area contributed by atoms with Gasteiger partial charge in [-0.2, -0.15) is 0 Å². The molecule has 0 saturated carbocycles. The fourth-order valence-electron chi connectivity index (χ4n) is 4.94. The summed E-state index contributed by atoms with van der Waals surface area (Å²) in [5, 5.41) is 10.5. The van der Waals surface area contributed by atoms with E-state index in [1.54, 1.807) is 0 Å². The van der Waals surface area contributed by atoms with Crippen molar-refractivity contribution in [2.24, 2.45) is 0 Å². The van der Waals surface area contributed by atoms with Crippen LogP contribution in [0.15, 0.2) is 36.4 Å². The Morgan fingerprint density at radius 2 is 0.903 bits per heavy atom. The molecule has 0 spiro atoms. The third kappa shape index (κ3) is 4.08. The van der Waals surface area contributed by atoms with Gasteiger partial charge < -0.3 is 5.11 Å². The number of aliphatic hydroxyl groups is 1. The van der Waals surface area contributed by atoms with Gasteiger partial charge >= 0.3 is 0 Å². The van der Waals surface area contributed by atoms with Gasteiger partial charge in [0.1, 0.15) is 0 Å². The minimum atomic E-state index is -0.834. The van der Waals surface area contributed by atoms with Crippen LogP contribution in [-0.2, 0) is 5.60 Å². The first kappa shape index (κ1) is 23.3. The molecule has 3 aromatic rings. The van der Waals surface area contributed by atoms with Gasteiger partial charge in [0, 0.05) is 0 Å². The molecule has 3 rings (SSSR count). The van der Waals surface area contributed by atoms with Crippen molar-refractivity contribution in [2.75, 3.05) is 0 Å². The average Bonchev–Trinajstić information content (AvgIpc) is 2.67. The van der Waals surface area contributed by atoms with Gasteiger partial charge in [-0.1, -0.05) is 50.2 Å². The molecule has 0 saturated heterocycles. The smallest absolute Gasteiger partial charge is 0.0843 e. The van der Waals surface area contributed by atoms with Crippen LogP contribution in [0.25, 0.3) is 22.3 Å². The number of hydrogen-bond donors (Lipinski definition) is 1. The molecule has 0 heterocycles. The molecule has 0 aliphatic carbocycles. The Morgan fingerprint density at radius 3 is 1.32 bits per heavy atom. The van der Waals surface area contributed by atoms with Gasteiger partial charge in [-0.15, -0.1) is 0 Å². The minimum Gasteiger partial charge on any atom is -0.386 e. The molecular formula is C30H38O. The van der Waals surface area contributed by atoms with Crippen LogP contribution in [0.4, 0.5) is 0 Å². The van der Waals surface area contributed by atoms with Crippen molar-refractivity contribution in [3.8, 4) is 22.3 Å². The summed E-state index contributed by atoms with van der Waals surface area (Å²) in [5.74, 6) is 0.538. The van der Waals surface area contributed by atoms with E-state index in [1.807, 2.05) is 13.8 Å². The SMILES string of the molecule is Cc1c(-c2ccc(C(C)C)c(C)c2C)ccc(-c2ccc(C(C)(C)O)c(C)c2C)c1C. The molecular weight excluding hydrogens is 376 g/mol. The highest BCUT2D eigenvalue weighted by atomic mass is 16.3. The molecule has 164 valence electrons. The molecule has 3 aromatic carbocycles. The molecule has 0 bridgehead atoms. The lowest BCUT2D eigenvalue weighted by Gasteiger charge is -2.24. The maximum Gasteiger partial charge on any atom is 0.0843 e. The van der Waals surface area contributed by atoms with Crippen LogP contribution in [0.1, 0.15) is 78.1 Å². The third-order valence-corrected chi connectivity index (χ3v) is 7.26. The molecule has 0 radical (unpaired) electrons. The summed E-state index contributed by atoms with van der Waals surface area (Å²) in [6.07, 6.45) is 0. The molecule has 0 aliphatic rings. The normalized spacial score (nSPS) is 12.0. The molecule has 1 nitrogen and oxygen atoms in total. The highest BCUT2D eigenvalue weighted by Crippen LogP contribution is 2.39. The molecule has 0 aliphatic heterocycles. The molecule has 0 unspecified atom stereocenters. The van der Waals surface area contributed by atoms with E-state index in [4.69, 9.17) is 0 Å². The van der Waals surface area contributed by atoms with Crippen LogP contribution in [0.5, 0.6) is 0 Å². The molecule has 0 fully saturated rings. The maximum absolute atomic E-state index is 10.5. The Labute approximate surface area is 189 Å². The van der Waals surface area contributed by atoms with E-state index in [1.165, 1.54) is 61.2 Å². The second-order valence-corrected chi connectivity index (χ2v) is 9.99. The van der Waals surface area contributed by atoms with Crippen molar-refractivity contribution >= 4 is 0 Å². The van der Waals surface area contributed by atoms with Crippen molar-refractivity contribution in [1.82, 2.24) is 0 Å². The van der Waals surface area contributed by atoms with E-state index in [9.17, 15) is 5.11 Å². The average molecular weight is 415 g/mol. The van der Waals surface area contributed by atoms with Crippen molar-refractivity contribution in [2.45, 2.75) is 80.8 Å². The summed E-state index contributed by atoms with van der Waals surface area (Å²) in [5.41, 5.74) is 14.6. The number of hydrogen-bond acceptors (Lipinski definition) is 1. The Kier molecular flexibility index (Phi) is 6.22. The van der Waals surface area contributed by atoms with Crippen molar-refractivity contribution in [3.05, 3.63) is 80.9 Å². The largest absolute Gasteiger partial charge is 0.386 e. The second kappa shape index (κ2) is 8.28. The summed E-state index contributed by atoms with van der Waals surface area (Å²) < 4.78 is 0. The molecule has 0 aromatic heterocycles. The van der Waals surface area contributed by atoms with Crippen molar-refractivity contribution in [3.63, 3.8) is 0 Å². The predicted molar refractivity (Wildman–Crippen MR) is 135 cm³/mol. The lowest BCUT2D eigenvalue weighted by atomic mass is 9.83. The Hall–Kier alpha value is -2.38. The summed E-state index contributed by atoms with van der Waals surface area (Å²) in [6.45, 7) is 21.5. The lowest BCUT2D eigenvalue weighted by Crippen LogP contribution is -2.17. The topological polar surface area (TPSA) is 20.2 Å².